The van der Waals surface area contributed by atoms with Gasteiger partial charge in [-0.25, -0.2) is 19.0 Å². The summed E-state index contributed by atoms with van der Waals surface area (Å²) in [4.78, 5) is 8.99. The van der Waals surface area contributed by atoms with E-state index in [0.717, 1.165) is 4.31 Å². The van der Waals surface area contributed by atoms with Gasteiger partial charge in [0.15, 0.2) is 11.8 Å². The molecule has 1 aromatic carbocycles. The maximum absolute atomic E-state index is 14.4. The van der Waals surface area contributed by atoms with Gasteiger partial charge in [-0.1, -0.05) is 39.0 Å². The number of hydrogen-bond donors (Lipinski definition) is 3. The monoisotopic (exact) mass is 543 g/mol. The Morgan fingerprint density at radius 3 is 2.47 bits per heavy atom. The third-order valence-electron chi connectivity index (χ3n) is 6.18. The van der Waals surface area contributed by atoms with Crippen LogP contribution in [-0.4, -0.2) is 58.3 Å². The van der Waals surface area contributed by atoms with Crippen LogP contribution in [0.5, 0.6) is 0 Å². The van der Waals surface area contributed by atoms with Gasteiger partial charge in [0.05, 0.1) is 6.54 Å². The summed E-state index contributed by atoms with van der Waals surface area (Å²) in [6.45, 7) is 6.38. The molecule has 0 saturated carbocycles. The number of rotatable bonds is 8. The van der Waals surface area contributed by atoms with Crippen molar-refractivity contribution in [2.24, 2.45) is 21.9 Å². The Balaban J connectivity index is 1.73. The van der Waals surface area contributed by atoms with Crippen LogP contribution in [0.1, 0.15) is 44.6 Å². The zero-order valence-electron chi connectivity index (χ0n) is 22.2. The first-order chi connectivity index (χ1) is 17.8. The van der Waals surface area contributed by atoms with E-state index in [1.54, 1.807) is 35.1 Å². The summed E-state index contributed by atoms with van der Waals surface area (Å²) in [7, 11) is -1.02. The molecule has 13 heteroatoms. The van der Waals surface area contributed by atoms with Gasteiger partial charge in [-0.3, -0.25) is 4.31 Å². The molecule has 1 atom stereocenters. The zero-order valence-corrected chi connectivity index (χ0v) is 23.0. The summed E-state index contributed by atoms with van der Waals surface area (Å²) in [5, 5.41) is 8.43. The van der Waals surface area contributed by atoms with Crippen molar-refractivity contribution < 1.29 is 12.8 Å². The molecule has 204 valence electrons. The molecular formula is C25H34FN9O2S. The first kappa shape index (κ1) is 27.3. The van der Waals surface area contributed by atoms with Gasteiger partial charge in [0.1, 0.15) is 28.9 Å². The summed E-state index contributed by atoms with van der Waals surface area (Å²) in [6.07, 6.45) is 1.38. The van der Waals surface area contributed by atoms with Crippen LogP contribution in [0, 0.1) is 11.2 Å². The fraction of sp³-hybridized carbons (Fsp3) is 0.400. The Kier molecular flexibility index (Phi) is 7.35. The van der Waals surface area contributed by atoms with Gasteiger partial charge in [0.2, 0.25) is 0 Å². The molecule has 3 heterocycles. The molecule has 0 saturated heterocycles. The number of aliphatic imine (C=N–C) groups is 1. The van der Waals surface area contributed by atoms with Crippen LogP contribution in [0.15, 0.2) is 59.1 Å². The number of nitrogens with zero attached hydrogens (tertiary/aromatic N) is 6. The van der Waals surface area contributed by atoms with E-state index in [1.807, 2.05) is 26.8 Å². The van der Waals surface area contributed by atoms with Crippen LogP contribution in [0.4, 0.5) is 4.39 Å². The largest absolute Gasteiger partial charge is 0.384 e. The van der Waals surface area contributed by atoms with Gasteiger partial charge < -0.3 is 16.8 Å². The minimum atomic E-state index is -3.92. The zero-order chi connectivity index (χ0) is 27.8. The molecule has 38 heavy (non-hydrogen) atoms. The molecule has 1 unspecified atom stereocenters. The average molecular weight is 544 g/mol. The number of pyridine rings is 1. The highest BCUT2D eigenvalue weighted by Gasteiger charge is 2.35. The van der Waals surface area contributed by atoms with Gasteiger partial charge >= 0.3 is 10.2 Å². The van der Waals surface area contributed by atoms with Crippen molar-refractivity contribution in [3.63, 3.8) is 0 Å². The second kappa shape index (κ2) is 10.2. The van der Waals surface area contributed by atoms with Gasteiger partial charge in [0, 0.05) is 37.8 Å². The Morgan fingerprint density at radius 2 is 1.84 bits per heavy atom. The van der Waals surface area contributed by atoms with Gasteiger partial charge in [-0.05, 0) is 30.0 Å². The lowest BCUT2D eigenvalue weighted by atomic mass is 9.92. The Morgan fingerprint density at radius 1 is 1.13 bits per heavy atom. The lowest BCUT2D eigenvalue weighted by Gasteiger charge is -2.34. The Hall–Kier alpha value is -3.71. The molecule has 0 amide bonds. The smallest absolute Gasteiger partial charge is 0.303 e. The fourth-order valence-corrected chi connectivity index (χ4v) is 5.23. The highest BCUT2D eigenvalue weighted by molar-refractivity contribution is 7.86. The molecule has 3 aromatic rings. The first-order valence-electron chi connectivity index (χ1n) is 12.1. The molecule has 1 aliphatic rings. The topological polar surface area (TPSA) is 148 Å². The third kappa shape index (κ3) is 5.43. The highest BCUT2D eigenvalue weighted by atomic mass is 32.2. The number of nitrogens with two attached hydrogens (primary N) is 2. The van der Waals surface area contributed by atoms with Crippen LogP contribution in [0.3, 0.4) is 0 Å². The minimum Gasteiger partial charge on any atom is -0.384 e. The van der Waals surface area contributed by atoms with Crippen molar-refractivity contribution in [1.82, 2.24) is 28.7 Å². The summed E-state index contributed by atoms with van der Waals surface area (Å²) in [5.74, 6) is -0.324. The van der Waals surface area contributed by atoms with Crippen LogP contribution in [0.25, 0.3) is 11.0 Å². The van der Waals surface area contributed by atoms with Crippen molar-refractivity contribution in [2.75, 3.05) is 20.6 Å². The number of nitrogens with one attached hydrogen (secondary N) is 1. The van der Waals surface area contributed by atoms with E-state index in [1.165, 1.54) is 24.5 Å². The van der Waals surface area contributed by atoms with Crippen molar-refractivity contribution in [3.8, 4) is 0 Å². The molecule has 0 aliphatic carbocycles. The molecule has 5 N–H and O–H groups in total. The number of aromatic nitrogens is 3. The highest BCUT2D eigenvalue weighted by Crippen LogP contribution is 2.30. The lowest BCUT2D eigenvalue weighted by molar-refractivity contribution is 0.326. The predicted molar refractivity (Wildman–Crippen MR) is 145 cm³/mol. The third-order valence-corrected chi connectivity index (χ3v) is 8.03. The van der Waals surface area contributed by atoms with Crippen LogP contribution >= 0.6 is 0 Å². The molecule has 0 spiro atoms. The van der Waals surface area contributed by atoms with Crippen molar-refractivity contribution in [3.05, 3.63) is 71.2 Å². The number of benzene rings is 1. The number of hydrogen-bond acceptors (Lipinski definition) is 8. The van der Waals surface area contributed by atoms with Gasteiger partial charge in [-0.15, -0.1) is 0 Å². The average Bonchev–Trinajstić information content (AvgIpc) is 3.19. The summed E-state index contributed by atoms with van der Waals surface area (Å²) >= 11 is 0. The molecule has 0 bridgehead atoms. The maximum atomic E-state index is 14.4. The Bertz CT molecular complexity index is 1510. The number of halogens is 1. The van der Waals surface area contributed by atoms with E-state index in [9.17, 15) is 12.8 Å². The normalized spacial score (nSPS) is 16.6. The van der Waals surface area contributed by atoms with Crippen LogP contribution < -0.4 is 16.8 Å². The van der Waals surface area contributed by atoms with Gasteiger partial charge in [-0.2, -0.15) is 17.8 Å². The minimum absolute atomic E-state index is 0.0359. The number of fused-ring (bicyclic) bond motifs is 1. The lowest BCUT2D eigenvalue weighted by Crippen LogP contribution is -2.48. The quantitative estimate of drug-likeness (QED) is 0.395. The molecule has 1 aliphatic heterocycles. The summed E-state index contributed by atoms with van der Waals surface area (Å²) in [6, 6.07) is 10.1. The Labute approximate surface area is 222 Å². The maximum Gasteiger partial charge on any atom is 0.303 e. The molecule has 2 aromatic heterocycles. The van der Waals surface area contributed by atoms with Crippen LogP contribution in [0.2, 0.25) is 0 Å². The summed E-state index contributed by atoms with van der Waals surface area (Å²) < 4.78 is 44.7. The predicted octanol–water partition coefficient (Wildman–Crippen LogP) is 2.25. The molecule has 0 fully saturated rings. The van der Waals surface area contributed by atoms with Crippen molar-refractivity contribution in [1.29, 1.82) is 0 Å². The second-order valence-corrected chi connectivity index (χ2v) is 12.6. The van der Waals surface area contributed by atoms with Crippen molar-refractivity contribution >= 4 is 27.1 Å². The van der Waals surface area contributed by atoms with E-state index in [4.69, 9.17) is 11.5 Å². The van der Waals surface area contributed by atoms with E-state index >= 15 is 0 Å². The first-order valence-corrected chi connectivity index (χ1v) is 13.5. The standard InChI is InChI=1S/C25H34FN9O2S/c1-25(2,3)12-14-35(38(36,37)33(4)5)20-21(27)30-23(31-22(20)28)19-17-10-8-13-29-24(17)34(32-19)15-16-9-6-7-11-18(16)26/h6-11,13,23,30H,12,14-15,27H2,1-5H3,(H2,28,31). The van der Waals surface area contributed by atoms with E-state index in [0.29, 0.717) is 28.7 Å². The second-order valence-electron chi connectivity index (χ2n) is 10.5. The van der Waals surface area contributed by atoms with Crippen molar-refractivity contribution in [2.45, 2.75) is 39.9 Å². The van der Waals surface area contributed by atoms with E-state index in [-0.39, 0.29) is 41.7 Å². The number of amidine groups is 1. The van der Waals surface area contributed by atoms with Gasteiger partial charge in [0.25, 0.3) is 0 Å². The fourth-order valence-electron chi connectivity index (χ4n) is 4.09. The molecular weight excluding hydrogens is 509 g/mol. The van der Waals surface area contributed by atoms with Crippen LogP contribution in [-0.2, 0) is 16.8 Å². The molecule has 4 rings (SSSR count). The molecule has 11 nitrogen and oxygen atoms in total. The van der Waals surface area contributed by atoms with E-state index in [2.05, 4.69) is 20.4 Å². The van der Waals surface area contributed by atoms with E-state index < -0.39 is 16.4 Å². The summed E-state index contributed by atoms with van der Waals surface area (Å²) in [5.41, 5.74) is 14.2. The SMILES string of the molecule is CN(C)S(=O)(=O)N(CCC(C)(C)C)C1=C(N)NC(c2nn(Cc3ccccc3F)c3ncccc23)N=C1N. The molecule has 0 radical (unpaired) electrons.